The minimum absolute atomic E-state index is 0.634. The average Bonchev–Trinajstić information content (AvgIpc) is 2.74. The lowest BCUT2D eigenvalue weighted by atomic mass is 10.2. The quantitative estimate of drug-likeness (QED) is 0.833. The van der Waals surface area contributed by atoms with Gasteiger partial charge in [0.1, 0.15) is 5.84 Å². The summed E-state index contributed by atoms with van der Waals surface area (Å²) >= 11 is 7.68. The second kappa shape index (κ2) is 7.03. The number of amidine groups is 1. The zero-order chi connectivity index (χ0) is 15.4. The molecule has 22 heavy (non-hydrogen) atoms. The first-order valence-electron chi connectivity index (χ1n) is 7.27. The molecule has 112 valence electrons. The van der Waals surface area contributed by atoms with Gasteiger partial charge in [-0.25, -0.2) is 0 Å². The molecule has 0 saturated carbocycles. The lowest BCUT2D eigenvalue weighted by molar-refractivity contribution is 0.958. The van der Waals surface area contributed by atoms with Crippen LogP contribution in [-0.4, -0.2) is 5.84 Å². The van der Waals surface area contributed by atoms with E-state index in [2.05, 4.69) is 41.9 Å². The van der Waals surface area contributed by atoms with Crippen molar-refractivity contribution >= 4 is 29.2 Å². The van der Waals surface area contributed by atoms with Crippen molar-refractivity contribution < 1.29 is 0 Å². The molecule has 0 spiro atoms. The number of aliphatic imine (C=N–C) groups is 1. The van der Waals surface area contributed by atoms with Crippen LogP contribution in [0.5, 0.6) is 0 Å². The molecule has 1 N–H and O–H groups in total. The van der Waals surface area contributed by atoms with Gasteiger partial charge in [0.05, 0.1) is 6.54 Å². The van der Waals surface area contributed by atoms with E-state index in [1.807, 2.05) is 24.3 Å². The standard InChI is InChI=1S/C18H17ClN2S/c1-2-15-12-22-17-6-4-3-5-16(17)18(21-15)20-11-13-7-9-14(19)10-8-13/h3-10,12H,2,11H2,1H3,(H,20,21). The van der Waals surface area contributed by atoms with Gasteiger partial charge in [-0.1, -0.05) is 60.6 Å². The molecule has 0 fully saturated rings. The van der Waals surface area contributed by atoms with Gasteiger partial charge >= 0.3 is 0 Å². The minimum Gasteiger partial charge on any atom is -0.343 e. The number of halogens is 1. The molecule has 0 aromatic heterocycles. The van der Waals surface area contributed by atoms with Gasteiger partial charge in [0.15, 0.2) is 0 Å². The molecule has 0 unspecified atom stereocenters. The molecule has 0 bridgehead atoms. The van der Waals surface area contributed by atoms with Crippen molar-refractivity contribution in [1.29, 1.82) is 0 Å². The first kappa shape index (κ1) is 15.2. The van der Waals surface area contributed by atoms with Crippen molar-refractivity contribution in [3.8, 4) is 0 Å². The second-order valence-electron chi connectivity index (χ2n) is 5.03. The SMILES string of the molecule is CCC1=CSc2ccccc2C(=NCc2ccc(Cl)cc2)N1. The molecule has 2 nitrogen and oxygen atoms in total. The average molecular weight is 329 g/mol. The van der Waals surface area contributed by atoms with E-state index >= 15 is 0 Å². The lowest BCUT2D eigenvalue weighted by Gasteiger charge is -2.11. The second-order valence-corrected chi connectivity index (χ2v) is 6.37. The van der Waals surface area contributed by atoms with E-state index < -0.39 is 0 Å². The van der Waals surface area contributed by atoms with E-state index in [0.29, 0.717) is 6.54 Å². The van der Waals surface area contributed by atoms with E-state index in [4.69, 9.17) is 16.6 Å². The summed E-state index contributed by atoms with van der Waals surface area (Å²) in [5.74, 6) is 0.934. The first-order valence-corrected chi connectivity index (χ1v) is 8.53. The maximum atomic E-state index is 5.93. The van der Waals surface area contributed by atoms with Crippen LogP contribution in [0.1, 0.15) is 24.5 Å². The van der Waals surface area contributed by atoms with E-state index in [0.717, 1.165) is 28.4 Å². The third kappa shape index (κ3) is 3.54. The lowest BCUT2D eigenvalue weighted by Crippen LogP contribution is -2.23. The van der Waals surface area contributed by atoms with Crippen LogP contribution in [0.25, 0.3) is 0 Å². The van der Waals surface area contributed by atoms with Crippen molar-refractivity contribution in [2.24, 2.45) is 4.99 Å². The van der Waals surface area contributed by atoms with Crippen molar-refractivity contribution in [1.82, 2.24) is 5.32 Å². The third-order valence-electron chi connectivity index (χ3n) is 3.46. The van der Waals surface area contributed by atoms with Gasteiger partial charge in [0.25, 0.3) is 0 Å². The largest absolute Gasteiger partial charge is 0.343 e. The summed E-state index contributed by atoms with van der Waals surface area (Å²) in [5, 5.41) is 6.39. The fraction of sp³-hybridized carbons (Fsp3) is 0.167. The van der Waals surface area contributed by atoms with Gasteiger partial charge in [-0.3, -0.25) is 4.99 Å². The number of allylic oxidation sites excluding steroid dienone is 1. The summed E-state index contributed by atoms with van der Waals surface area (Å²) in [6.45, 7) is 2.78. The van der Waals surface area contributed by atoms with Crippen LogP contribution >= 0.6 is 23.4 Å². The van der Waals surface area contributed by atoms with Crippen molar-refractivity contribution in [3.63, 3.8) is 0 Å². The van der Waals surface area contributed by atoms with Crippen LogP contribution in [0.4, 0.5) is 0 Å². The first-order chi connectivity index (χ1) is 10.8. The number of benzene rings is 2. The summed E-state index contributed by atoms with van der Waals surface area (Å²) in [5.41, 5.74) is 3.49. The Morgan fingerprint density at radius 3 is 2.64 bits per heavy atom. The Bertz CT molecular complexity index is 720. The highest BCUT2D eigenvalue weighted by Crippen LogP contribution is 2.28. The van der Waals surface area contributed by atoms with Crippen molar-refractivity contribution in [2.45, 2.75) is 24.8 Å². The van der Waals surface area contributed by atoms with Crippen molar-refractivity contribution in [2.75, 3.05) is 0 Å². The Balaban J connectivity index is 1.91. The highest BCUT2D eigenvalue weighted by atomic mass is 35.5. The number of hydrogen-bond acceptors (Lipinski definition) is 2. The summed E-state index contributed by atoms with van der Waals surface area (Å²) < 4.78 is 0. The van der Waals surface area contributed by atoms with Crippen molar-refractivity contribution in [3.05, 3.63) is 75.8 Å². The van der Waals surface area contributed by atoms with Crippen LogP contribution < -0.4 is 5.32 Å². The van der Waals surface area contributed by atoms with E-state index in [1.54, 1.807) is 11.8 Å². The van der Waals surface area contributed by atoms with Crippen LogP contribution in [0.3, 0.4) is 0 Å². The van der Waals surface area contributed by atoms with E-state index in [-0.39, 0.29) is 0 Å². The van der Waals surface area contributed by atoms with Gasteiger partial charge in [-0.05, 0) is 35.6 Å². The topological polar surface area (TPSA) is 24.4 Å². The molecule has 1 aliphatic rings. The Hall–Kier alpha value is -1.71. The van der Waals surface area contributed by atoms with Gasteiger partial charge in [0, 0.05) is 21.2 Å². The molecular formula is C18H17ClN2S. The molecular weight excluding hydrogens is 312 g/mol. The molecule has 1 heterocycles. The predicted octanol–water partition coefficient (Wildman–Crippen LogP) is 5.23. The molecule has 2 aromatic carbocycles. The van der Waals surface area contributed by atoms with E-state index in [1.165, 1.54) is 10.6 Å². The van der Waals surface area contributed by atoms with Crippen LogP contribution in [-0.2, 0) is 6.54 Å². The summed E-state index contributed by atoms with van der Waals surface area (Å²) in [6, 6.07) is 16.2. The molecule has 0 aliphatic carbocycles. The fourth-order valence-corrected chi connectivity index (χ4v) is 3.27. The zero-order valence-corrected chi connectivity index (χ0v) is 13.9. The maximum absolute atomic E-state index is 5.93. The number of nitrogens with one attached hydrogen (secondary N) is 1. The number of hydrogen-bond donors (Lipinski definition) is 1. The Morgan fingerprint density at radius 2 is 1.86 bits per heavy atom. The number of nitrogens with zero attached hydrogens (tertiary/aromatic N) is 1. The Labute approximate surface area is 140 Å². The summed E-state index contributed by atoms with van der Waals surface area (Å²) in [4.78, 5) is 6.02. The van der Waals surface area contributed by atoms with Crippen LogP contribution in [0.2, 0.25) is 5.02 Å². The molecule has 0 radical (unpaired) electrons. The third-order valence-corrected chi connectivity index (χ3v) is 4.73. The van der Waals surface area contributed by atoms with Gasteiger partial charge < -0.3 is 5.32 Å². The van der Waals surface area contributed by atoms with Gasteiger partial charge in [-0.15, -0.1) is 0 Å². The highest BCUT2D eigenvalue weighted by molar-refractivity contribution is 8.02. The maximum Gasteiger partial charge on any atom is 0.133 e. The van der Waals surface area contributed by atoms with Crippen LogP contribution in [0, 0.1) is 0 Å². The number of rotatable bonds is 3. The van der Waals surface area contributed by atoms with Gasteiger partial charge in [-0.2, -0.15) is 0 Å². The molecule has 3 rings (SSSR count). The molecule has 0 atom stereocenters. The number of fused-ring (bicyclic) bond motifs is 1. The molecule has 0 amide bonds. The summed E-state index contributed by atoms with van der Waals surface area (Å²) in [7, 11) is 0. The number of thioether (sulfide) groups is 1. The Kier molecular flexibility index (Phi) is 4.86. The molecule has 2 aromatic rings. The predicted molar refractivity (Wildman–Crippen MR) is 95.5 cm³/mol. The van der Waals surface area contributed by atoms with E-state index in [9.17, 15) is 0 Å². The molecule has 0 saturated heterocycles. The normalized spacial score (nSPS) is 15.7. The minimum atomic E-state index is 0.634. The monoisotopic (exact) mass is 328 g/mol. The highest BCUT2D eigenvalue weighted by Gasteiger charge is 2.13. The molecule has 4 heteroatoms. The van der Waals surface area contributed by atoms with Gasteiger partial charge in [0.2, 0.25) is 0 Å². The summed E-state index contributed by atoms with van der Waals surface area (Å²) in [6.07, 6.45) is 0.959. The Morgan fingerprint density at radius 1 is 1.09 bits per heavy atom. The molecule has 1 aliphatic heterocycles. The fourth-order valence-electron chi connectivity index (χ4n) is 2.21. The smallest absolute Gasteiger partial charge is 0.133 e. The van der Waals surface area contributed by atoms with Crippen LogP contribution in [0.15, 0.2) is 69.5 Å². The zero-order valence-electron chi connectivity index (χ0n) is 12.3.